The Morgan fingerprint density at radius 2 is 2.15 bits per heavy atom. The minimum Gasteiger partial charge on any atom is -0.372 e. The van der Waals surface area contributed by atoms with Gasteiger partial charge in [0, 0.05) is 18.8 Å². The fourth-order valence-corrected chi connectivity index (χ4v) is 2.30. The Balaban J connectivity index is 1.98. The molecule has 1 N–H and O–H groups in total. The van der Waals surface area contributed by atoms with Crippen LogP contribution in [0.2, 0.25) is 0 Å². The molecule has 0 spiro atoms. The summed E-state index contributed by atoms with van der Waals surface area (Å²) in [5, 5.41) is 2.75. The van der Waals surface area contributed by atoms with Crippen LogP contribution in [-0.4, -0.2) is 37.6 Å². The van der Waals surface area contributed by atoms with Crippen molar-refractivity contribution in [2.75, 3.05) is 24.7 Å². The highest BCUT2D eigenvalue weighted by atomic mass is 16.5. The van der Waals surface area contributed by atoms with Crippen LogP contribution >= 0.6 is 0 Å². The highest BCUT2D eigenvalue weighted by Gasteiger charge is 2.30. The van der Waals surface area contributed by atoms with E-state index in [2.05, 4.69) is 5.32 Å². The number of benzene rings is 1. The van der Waals surface area contributed by atoms with Crippen LogP contribution in [0.15, 0.2) is 30.3 Å². The summed E-state index contributed by atoms with van der Waals surface area (Å²) >= 11 is 0. The summed E-state index contributed by atoms with van der Waals surface area (Å²) in [7, 11) is 0. The number of hydrogen-bond acceptors (Lipinski definition) is 3. The summed E-state index contributed by atoms with van der Waals surface area (Å²) in [5.74, 6) is -0.285. The molecule has 1 atom stereocenters. The van der Waals surface area contributed by atoms with Crippen molar-refractivity contribution in [3.63, 3.8) is 0 Å². The Hall–Kier alpha value is -1.88. The van der Waals surface area contributed by atoms with Gasteiger partial charge in [-0.1, -0.05) is 18.2 Å². The number of carbonyl (C=O) groups is 2. The van der Waals surface area contributed by atoms with E-state index in [4.69, 9.17) is 4.74 Å². The molecule has 0 radical (unpaired) electrons. The van der Waals surface area contributed by atoms with Gasteiger partial charge in [0.25, 0.3) is 0 Å². The van der Waals surface area contributed by atoms with E-state index >= 15 is 0 Å². The lowest BCUT2D eigenvalue weighted by atomic mass is 10.0. The second-order valence-electron chi connectivity index (χ2n) is 4.72. The molecule has 2 amide bonds. The Kier molecular flexibility index (Phi) is 5.12. The average Bonchev–Trinajstić information content (AvgIpc) is 2.48. The van der Waals surface area contributed by atoms with Crippen LogP contribution in [0.5, 0.6) is 0 Å². The van der Waals surface area contributed by atoms with E-state index in [-0.39, 0.29) is 18.4 Å². The van der Waals surface area contributed by atoms with Gasteiger partial charge >= 0.3 is 0 Å². The second-order valence-corrected chi connectivity index (χ2v) is 4.72. The van der Waals surface area contributed by atoms with Crippen LogP contribution < -0.4 is 10.2 Å². The summed E-state index contributed by atoms with van der Waals surface area (Å²) in [4.78, 5) is 25.8. The Labute approximate surface area is 118 Å². The number of ether oxygens (including phenoxy) is 1. The van der Waals surface area contributed by atoms with Crippen molar-refractivity contribution in [1.29, 1.82) is 0 Å². The Bertz CT molecular complexity index is 461. The summed E-state index contributed by atoms with van der Waals surface area (Å²) in [6.45, 7) is 3.02. The first-order valence-corrected chi connectivity index (χ1v) is 6.96. The van der Waals surface area contributed by atoms with Crippen molar-refractivity contribution in [2.45, 2.75) is 25.8 Å². The maximum Gasteiger partial charge on any atom is 0.249 e. The van der Waals surface area contributed by atoms with Gasteiger partial charge in [0.2, 0.25) is 11.8 Å². The first-order chi connectivity index (χ1) is 9.72. The van der Waals surface area contributed by atoms with Crippen LogP contribution in [0.25, 0.3) is 0 Å². The van der Waals surface area contributed by atoms with Crippen molar-refractivity contribution in [3.8, 4) is 0 Å². The lowest BCUT2D eigenvalue weighted by Crippen LogP contribution is -2.53. The average molecular weight is 276 g/mol. The van der Waals surface area contributed by atoms with Gasteiger partial charge in [-0.25, -0.2) is 0 Å². The van der Waals surface area contributed by atoms with Gasteiger partial charge in [-0.2, -0.15) is 0 Å². The number of para-hydroxylation sites is 1. The van der Waals surface area contributed by atoms with Crippen LogP contribution in [0.4, 0.5) is 5.69 Å². The summed E-state index contributed by atoms with van der Waals surface area (Å²) in [6.07, 6.45) is 1.56. The monoisotopic (exact) mass is 276 g/mol. The molecule has 5 nitrogen and oxygen atoms in total. The maximum absolute atomic E-state index is 12.4. The molecular weight excluding hydrogens is 256 g/mol. The molecule has 0 aromatic heterocycles. The standard InChI is InChI=1S/C15H20N2O3/c1-2-20-11-14(18)16-13-9-6-10-17(15(13)19)12-7-4-3-5-8-12/h3-5,7-8,13H,2,6,9-11H2,1H3,(H,16,18)/t13-/m0/s1. The van der Waals surface area contributed by atoms with E-state index in [1.807, 2.05) is 37.3 Å². The molecule has 0 bridgehead atoms. The molecule has 0 saturated carbocycles. The van der Waals surface area contributed by atoms with E-state index in [1.165, 1.54) is 0 Å². The van der Waals surface area contributed by atoms with Crippen molar-refractivity contribution < 1.29 is 14.3 Å². The molecule has 1 fully saturated rings. The smallest absolute Gasteiger partial charge is 0.249 e. The number of nitrogens with zero attached hydrogens (tertiary/aromatic N) is 1. The molecule has 1 saturated heterocycles. The minimum absolute atomic E-state index is 0.00557. The van der Waals surface area contributed by atoms with Crippen molar-refractivity contribution in [2.24, 2.45) is 0 Å². The predicted molar refractivity (Wildman–Crippen MR) is 76.5 cm³/mol. The highest BCUT2D eigenvalue weighted by molar-refractivity contribution is 5.99. The minimum atomic E-state index is -0.447. The SMILES string of the molecule is CCOCC(=O)N[C@H]1CCCN(c2ccccc2)C1=O. The van der Waals surface area contributed by atoms with Crippen LogP contribution in [0.1, 0.15) is 19.8 Å². The van der Waals surface area contributed by atoms with Crippen LogP contribution in [0.3, 0.4) is 0 Å². The van der Waals surface area contributed by atoms with Gasteiger partial charge in [-0.15, -0.1) is 0 Å². The normalized spacial score (nSPS) is 18.9. The molecule has 1 heterocycles. The third-order valence-electron chi connectivity index (χ3n) is 3.28. The van der Waals surface area contributed by atoms with Crippen molar-refractivity contribution in [1.82, 2.24) is 5.32 Å². The van der Waals surface area contributed by atoms with E-state index in [1.54, 1.807) is 4.90 Å². The molecule has 1 aromatic rings. The van der Waals surface area contributed by atoms with Gasteiger partial charge in [0.1, 0.15) is 12.6 Å². The topological polar surface area (TPSA) is 58.6 Å². The first-order valence-electron chi connectivity index (χ1n) is 6.96. The number of carbonyl (C=O) groups excluding carboxylic acids is 2. The fourth-order valence-electron chi connectivity index (χ4n) is 2.30. The van der Waals surface area contributed by atoms with Gasteiger partial charge in [0.15, 0.2) is 0 Å². The van der Waals surface area contributed by atoms with E-state index in [0.29, 0.717) is 19.6 Å². The number of nitrogens with one attached hydrogen (secondary N) is 1. The molecule has 5 heteroatoms. The maximum atomic E-state index is 12.4. The first kappa shape index (κ1) is 14.5. The molecule has 1 aliphatic rings. The number of hydrogen-bond donors (Lipinski definition) is 1. The molecule has 1 aromatic carbocycles. The lowest BCUT2D eigenvalue weighted by molar-refractivity contribution is -0.131. The number of rotatable bonds is 5. The van der Waals surface area contributed by atoms with E-state index in [0.717, 1.165) is 12.1 Å². The van der Waals surface area contributed by atoms with Gasteiger partial charge < -0.3 is 15.0 Å². The number of piperidine rings is 1. The molecule has 1 aliphatic heterocycles. The highest BCUT2D eigenvalue weighted by Crippen LogP contribution is 2.20. The molecule has 0 unspecified atom stereocenters. The number of anilines is 1. The van der Waals surface area contributed by atoms with Gasteiger partial charge in [-0.05, 0) is 31.9 Å². The van der Waals surface area contributed by atoms with Gasteiger partial charge in [0.05, 0.1) is 0 Å². The van der Waals surface area contributed by atoms with E-state index in [9.17, 15) is 9.59 Å². The zero-order chi connectivity index (χ0) is 14.4. The van der Waals surface area contributed by atoms with Crippen LogP contribution in [-0.2, 0) is 14.3 Å². The fraction of sp³-hybridized carbons (Fsp3) is 0.467. The van der Waals surface area contributed by atoms with Crippen molar-refractivity contribution >= 4 is 17.5 Å². The third-order valence-corrected chi connectivity index (χ3v) is 3.28. The number of amides is 2. The molecule has 108 valence electrons. The Morgan fingerprint density at radius 3 is 2.85 bits per heavy atom. The third kappa shape index (κ3) is 3.57. The van der Waals surface area contributed by atoms with Gasteiger partial charge in [-0.3, -0.25) is 9.59 Å². The molecular formula is C15H20N2O3. The quantitative estimate of drug-likeness (QED) is 0.882. The second kappa shape index (κ2) is 7.05. The molecule has 20 heavy (non-hydrogen) atoms. The Morgan fingerprint density at radius 1 is 1.40 bits per heavy atom. The molecule has 2 rings (SSSR count). The summed E-state index contributed by atoms with van der Waals surface area (Å²) < 4.78 is 5.05. The van der Waals surface area contributed by atoms with E-state index < -0.39 is 6.04 Å². The summed E-state index contributed by atoms with van der Waals surface area (Å²) in [5.41, 5.74) is 0.876. The van der Waals surface area contributed by atoms with Crippen molar-refractivity contribution in [3.05, 3.63) is 30.3 Å². The zero-order valence-electron chi connectivity index (χ0n) is 11.7. The zero-order valence-corrected chi connectivity index (χ0v) is 11.7. The predicted octanol–water partition coefficient (Wildman–Crippen LogP) is 1.33. The molecule has 0 aliphatic carbocycles. The summed E-state index contributed by atoms with van der Waals surface area (Å²) in [6, 6.07) is 9.08. The largest absolute Gasteiger partial charge is 0.372 e. The lowest BCUT2D eigenvalue weighted by Gasteiger charge is -2.32. The van der Waals surface area contributed by atoms with Crippen LogP contribution in [0, 0.1) is 0 Å².